The molecular weight excluding hydrogens is 105 g/mol. The van der Waals surface area contributed by atoms with Crippen molar-refractivity contribution >= 4 is 6.21 Å². The molecule has 0 heterocycles. The van der Waals surface area contributed by atoms with Gasteiger partial charge in [-0.3, -0.25) is 0 Å². The Morgan fingerprint density at radius 2 is 2.38 bits per heavy atom. The topological polar surface area (TPSA) is 12.4 Å². The van der Waals surface area contributed by atoms with Crippen LogP contribution < -0.4 is 0 Å². The summed E-state index contributed by atoms with van der Waals surface area (Å²) >= 11 is 0. The van der Waals surface area contributed by atoms with Gasteiger partial charge in [-0.2, -0.15) is 4.39 Å². The third-order valence-electron chi connectivity index (χ3n) is 0.635. The highest BCUT2D eigenvalue weighted by Crippen LogP contribution is 1.94. The number of hydrogen-bond donors (Lipinski definition) is 0. The summed E-state index contributed by atoms with van der Waals surface area (Å²) in [5.74, 6) is -0.410. The van der Waals surface area contributed by atoms with E-state index in [1.54, 1.807) is 6.92 Å². The summed E-state index contributed by atoms with van der Waals surface area (Å²) in [6.07, 6.45) is 3.64. The molecule has 0 spiro atoms. The van der Waals surface area contributed by atoms with Crippen molar-refractivity contribution < 1.29 is 4.39 Å². The fraction of sp³-hybridized carbons (Fsp3) is 0.500. The van der Waals surface area contributed by atoms with Gasteiger partial charge in [0, 0.05) is 6.21 Å². The third kappa shape index (κ3) is 3.53. The summed E-state index contributed by atoms with van der Waals surface area (Å²) in [4.78, 5) is 3.43. The van der Waals surface area contributed by atoms with E-state index in [9.17, 15) is 4.39 Å². The van der Waals surface area contributed by atoms with Crippen molar-refractivity contribution in [3.05, 3.63) is 12.0 Å². The third-order valence-corrected chi connectivity index (χ3v) is 0.635. The van der Waals surface area contributed by atoms with Crippen molar-refractivity contribution in [1.82, 2.24) is 0 Å². The summed E-state index contributed by atoms with van der Waals surface area (Å²) in [6, 6.07) is 0. The lowest BCUT2D eigenvalue weighted by atomic mass is 10.5. The van der Waals surface area contributed by atoms with E-state index in [-0.39, 0.29) is 0 Å². The maximum atomic E-state index is 12.0. The second-order valence-corrected chi connectivity index (χ2v) is 1.33. The van der Waals surface area contributed by atoms with E-state index < -0.39 is 5.95 Å². The zero-order valence-electron chi connectivity index (χ0n) is 5.19. The zero-order valence-corrected chi connectivity index (χ0v) is 5.19. The van der Waals surface area contributed by atoms with Crippen LogP contribution in [0.15, 0.2) is 17.0 Å². The van der Waals surface area contributed by atoms with E-state index in [1.807, 2.05) is 6.92 Å². The average Bonchev–Trinajstić information content (AvgIpc) is 1.83. The summed E-state index contributed by atoms with van der Waals surface area (Å²) in [7, 11) is 0. The monoisotopic (exact) mass is 115 g/mol. The second kappa shape index (κ2) is 4.50. The molecule has 0 fully saturated rings. The molecule has 0 aromatic rings. The minimum atomic E-state index is -0.410. The minimum absolute atomic E-state index is 0.410. The fourth-order valence-corrected chi connectivity index (χ4v) is 0.253. The Bertz CT molecular complexity index is 105. The molecule has 0 aliphatic heterocycles. The second-order valence-electron chi connectivity index (χ2n) is 1.33. The van der Waals surface area contributed by atoms with Crippen LogP contribution in [0.2, 0.25) is 0 Å². The van der Waals surface area contributed by atoms with Crippen LogP contribution in [0.5, 0.6) is 0 Å². The Kier molecular flexibility index (Phi) is 4.13. The molecule has 0 atom stereocenters. The van der Waals surface area contributed by atoms with Gasteiger partial charge in [0.25, 0.3) is 0 Å². The quantitative estimate of drug-likeness (QED) is 0.387. The molecular formula is C6H10FN. The van der Waals surface area contributed by atoms with Gasteiger partial charge < -0.3 is 0 Å². The largest absolute Gasteiger partial charge is 0.233 e. The van der Waals surface area contributed by atoms with Crippen LogP contribution in [0.3, 0.4) is 0 Å². The van der Waals surface area contributed by atoms with Crippen LogP contribution in [0.4, 0.5) is 4.39 Å². The van der Waals surface area contributed by atoms with Crippen molar-refractivity contribution in [2.75, 3.05) is 0 Å². The molecule has 0 N–H and O–H groups in total. The maximum absolute atomic E-state index is 12.0. The van der Waals surface area contributed by atoms with Crippen LogP contribution in [0.25, 0.3) is 0 Å². The Morgan fingerprint density at radius 3 is 2.75 bits per heavy atom. The highest BCUT2D eigenvalue weighted by Gasteiger charge is 1.78. The summed E-state index contributed by atoms with van der Waals surface area (Å²) in [6.45, 7) is 3.52. The van der Waals surface area contributed by atoms with Gasteiger partial charge in [0.2, 0.25) is 5.95 Å². The molecule has 0 saturated heterocycles. The highest BCUT2D eigenvalue weighted by atomic mass is 19.1. The first-order chi connectivity index (χ1) is 3.81. The van der Waals surface area contributed by atoms with Crippen molar-refractivity contribution in [2.24, 2.45) is 4.99 Å². The van der Waals surface area contributed by atoms with Crippen LogP contribution in [-0.2, 0) is 0 Å². The average molecular weight is 115 g/mol. The standard InChI is InChI=1S/C6H10FN/c1-3-5-8-6(7)4-2/h4-5H,3H2,1-2H3. The van der Waals surface area contributed by atoms with E-state index in [0.717, 1.165) is 6.42 Å². The normalized spacial score (nSPS) is 13.1. The van der Waals surface area contributed by atoms with Crippen LogP contribution >= 0.6 is 0 Å². The van der Waals surface area contributed by atoms with E-state index in [4.69, 9.17) is 0 Å². The van der Waals surface area contributed by atoms with Gasteiger partial charge in [-0.1, -0.05) is 6.92 Å². The smallest absolute Gasteiger partial charge is 0.208 e. The zero-order chi connectivity index (χ0) is 6.41. The Labute approximate surface area is 48.9 Å². The molecule has 0 aliphatic rings. The van der Waals surface area contributed by atoms with Gasteiger partial charge in [-0.25, -0.2) is 4.99 Å². The molecule has 0 saturated carbocycles. The van der Waals surface area contributed by atoms with Crippen molar-refractivity contribution in [3.8, 4) is 0 Å². The molecule has 0 aliphatic carbocycles. The molecule has 8 heavy (non-hydrogen) atoms. The van der Waals surface area contributed by atoms with Gasteiger partial charge in [-0.15, -0.1) is 0 Å². The summed E-state index contributed by atoms with van der Waals surface area (Å²) in [5.41, 5.74) is 0. The molecule has 1 nitrogen and oxygen atoms in total. The van der Waals surface area contributed by atoms with Crippen LogP contribution in [0.1, 0.15) is 20.3 Å². The van der Waals surface area contributed by atoms with Gasteiger partial charge in [0.05, 0.1) is 0 Å². The Morgan fingerprint density at radius 1 is 1.75 bits per heavy atom. The van der Waals surface area contributed by atoms with E-state index in [0.29, 0.717) is 0 Å². The van der Waals surface area contributed by atoms with Gasteiger partial charge in [0.15, 0.2) is 0 Å². The first kappa shape index (κ1) is 7.34. The van der Waals surface area contributed by atoms with E-state index in [2.05, 4.69) is 4.99 Å². The highest BCUT2D eigenvalue weighted by molar-refractivity contribution is 5.57. The lowest BCUT2D eigenvalue weighted by Crippen LogP contribution is -1.67. The van der Waals surface area contributed by atoms with Crippen LogP contribution in [0, 0.1) is 0 Å². The molecule has 2 heteroatoms. The van der Waals surface area contributed by atoms with E-state index in [1.165, 1.54) is 12.3 Å². The number of rotatable bonds is 2. The molecule has 0 bridgehead atoms. The van der Waals surface area contributed by atoms with Crippen molar-refractivity contribution in [1.29, 1.82) is 0 Å². The van der Waals surface area contributed by atoms with Crippen molar-refractivity contribution in [3.63, 3.8) is 0 Å². The number of aliphatic imine (C=N–C) groups is 1. The molecule has 0 radical (unpaired) electrons. The lowest BCUT2D eigenvalue weighted by molar-refractivity contribution is 0.626. The van der Waals surface area contributed by atoms with Gasteiger partial charge in [-0.05, 0) is 19.4 Å². The van der Waals surface area contributed by atoms with Crippen molar-refractivity contribution in [2.45, 2.75) is 20.3 Å². The molecule has 46 valence electrons. The SMILES string of the molecule is CC=C(F)N=CCC. The Hall–Kier alpha value is -0.660. The number of halogens is 1. The minimum Gasteiger partial charge on any atom is -0.233 e. The number of allylic oxidation sites excluding steroid dienone is 1. The predicted octanol–water partition coefficient (Wildman–Crippen LogP) is 2.30. The molecule has 0 unspecified atom stereocenters. The van der Waals surface area contributed by atoms with E-state index >= 15 is 0 Å². The number of hydrogen-bond acceptors (Lipinski definition) is 1. The predicted molar refractivity (Wildman–Crippen MR) is 33.6 cm³/mol. The Balaban J connectivity index is 3.53. The summed E-state index contributed by atoms with van der Waals surface area (Å²) < 4.78 is 12.0. The molecule has 0 amide bonds. The maximum Gasteiger partial charge on any atom is 0.208 e. The van der Waals surface area contributed by atoms with Gasteiger partial charge >= 0.3 is 0 Å². The van der Waals surface area contributed by atoms with Crippen LogP contribution in [-0.4, -0.2) is 6.21 Å². The molecule has 0 rings (SSSR count). The summed E-state index contributed by atoms with van der Waals surface area (Å²) in [5, 5.41) is 0. The lowest BCUT2D eigenvalue weighted by Gasteiger charge is -1.79. The molecule has 0 aromatic heterocycles. The first-order valence-corrected chi connectivity index (χ1v) is 2.65. The fourth-order valence-electron chi connectivity index (χ4n) is 0.253. The number of nitrogens with zero attached hydrogens (tertiary/aromatic N) is 1. The van der Waals surface area contributed by atoms with Gasteiger partial charge in [0.1, 0.15) is 0 Å². The first-order valence-electron chi connectivity index (χ1n) is 2.65. The molecule has 0 aromatic carbocycles.